The zero-order chi connectivity index (χ0) is 18.8. The zero-order valence-electron chi connectivity index (χ0n) is 15.8. The van der Waals surface area contributed by atoms with Gasteiger partial charge in [0.2, 0.25) is 10.1 Å². The molecule has 142 valence electrons. The molecule has 1 aliphatic heterocycles. The van der Waals surface area contributed by atoms with Crippen molar-refractivity contribution in [1.82, 2.24) is 14.6 Å². The molecular formula is C20H24N4O2S. The molecule has 0 saturated carbocycles. The minimum atomic E-state index is -0.0962. The van der Waals surface area contributed by atoms with Gasteiger partial charge in [-0.3, -0.25) is 4.79 Å². The lowest BCUT2D eigenvalue weighted by molar-refractivity contribution is 0.317. The first kappa shape index (κ1) is 18.0. The van der Waals surface area contributed by atoms with E-state index >= 15 is 0 Å². The van der Waals surface area contributed by atoms with Crippen LogP contribution in [0.5, 0.6) is 5.75 Å². The highest BCUT2D eigenvalue weighted by molar-refractivity contribution is 7.20. The molecule has 3 heterocycles. The summed E-state index contributed by atoms with van der Waals surface area (Å²) >= 11 is 1.49. The number of rotatable bonds is 6. The maximum Gasteiger partial charge on any atom is 0.275 e. The molecule has 0 aliphatic carbocycles. The van der Waals surface area contributed by atoms with Gasteiger partial charge >= 0.3 is 0 Å². The van der Waals surface area contributed by atoms with E-state index in [0.29, 0.717) is 4.96 Å². The van der Waals surface area contributed by atoms with Crippen molar-refractivity contribution in [2.45, 2.75) is 46.1 Å². The van der Waals surface area contributed by atoms with Crippen LogP contribution in [0.15, 0.2) is 29.1 Å². The van der Waals surface area contributed by atoms with Crippen LogP contribution in [0.25, 0.3) is 4.96 Å². The molecule has 0 N–H and O–H groups in total. The predicted octanol–water partition coefficient (Wildman–Crippen LogP) is 3.46. The maximum atomic E-state index is 12.3. The van der Waals surface area contributed by atoms with Gasteiger partial charge in [0.1, 0.15) is 5.75 Å². The molecule has 0 bridgehead atoms. The van der Waals surface area contributed by atoms with Crippen LogP contribution < -0.4 is 15.2 Å². The van der Waals surface area contributed by atoms with Gasteiger partial charge in [0.05, 0.1) is 6.61 Å². The molecule has 7 heteroatoms. The van der Waals surface area contributed by atoms with Gasteiger partial charge in [-0.05, 0) is 42.5 Å². The Labute approximate surface area is 162 Å². The van der Waals surface area contributed by atoms with Crippen molar-refractivity contribution in [3.8, 4) is 5.75 Å². The topological polar surface area (TPSA) is 59.7 Å². The van der Waals surface area contributed by atoms with Gasteiger partial charge in [-0.15, -0.1) is 5.10 Å². The molecule has 0 fully saturated rings. The second-order valence-corrected chi connectivity index (χ2v) is 7.80. The standard InChI is InChI=1S/C20H24N4O2S/c1-3-5-16-12-18(25)24-19(21-16)27-20(22-24)23-9-8-14-11-17(26-10-4-2)7-6-15(14)13-23/h6-7,11-12H,3-5,8-10,13H2,1-2H3. The summed E-state index contributed by atoms with van der Waals surface area (Å²) in [5, 5.41) is 5.38. The maximum absolute atomic E-state index is 12.3. The molecule has 6 nitrogen and oxygen atoms in total. The van der Waals surface area contributed by atoms with E-state index in [9.17, 15) is 4.79 Å². The third kappa shape index (κ3) is 3.69. The van der Waals surface area contributed by atoms with E-state index in [1.54, 1.807) is 6.07 Å². The molecule has 0 unspecified atom stereocenters. The number of hydrogen-bond acceptors (Lipinski definition) is 6. The summed E-state index contributed by atoms with van der Waals surface area (Å²) in [6.45, 7) is 6.62. The molecule has 3 aromatic rings. The Kier molecular flexibility index (Phi) is 5.11. The van der Waals surface area contributed by atoms with Crippen LogP contribution in [0.4, 0.5) is 5.13 Å². The van der Waals surface area contributed by atoms with Crippen LogP contribution in [0.3, 0.4) is 0 Å². The van der Waals surface area contributed by atoms with Gasteiger partial charge in [-0.1, -0.05) is 37.7 Å². The highest BCUT2D eigenvalue weighted by atomic mass is 32.1. The van der Waals surface area contributed by atoms with Crippen LogP contribution in [0, 0.1) is 0 Å². The Morgan fingerprint density at radius 2 is 2.07 bits per heavy atom. The first-order valence-corrected chi connectivity index (χ1v) is 10.4. The second-order valence-electron chi connectivity index (χ2n) is 6.87. The summed E-state index contributed by atoms with van der Waals surface area (Å²) in [5.41, 5.74) is 3.38. The second kappa shape index (κ2) is 7.68. The van der Waals surface area contributed by atoms with Gasteiger partial charge in [-0.2, -0.15) is 4.52 Å². The Balaban J connectivity index is 1.58. The Hall–Kier alpha value is -2.41. The minimum Gasteiger partial charge on any atom is -0.494 e. The molecule has 4 rings (SSSR count). The Morgan fingerprint density at radius 3 is 2.89 bits per heavy atom. The van der Waals surface area contributed by atoms with Crippen LogP contribution in [0.2, 0.25) is 0 Å². The quantitative estimate of drug-likeness (QED) is 0.651. The average Bonchev–Trinajstić information content (AvgIpc) is 3.11. The number of fused-ring (bicyclic) bond motifs is 2. The van der Waals surface area contributed by atoms with E-state index in [2.05, 4.69) is 41.0 Å². The first-order valence-electron chi connectivity index (χ1n) is 9.57. The van der Waals surface area contributed by atoms with E-state index < -0.39 is 0 Å². The number of benzene rings is 1. The van der Waals surface area contributed by atoms with Crippen molar-refractivity contribution < 1.29 is 4.74 Å². The van der Waals surface area contributed by atoms with Crippen molar-refractivity contribution >= 4 is 21.4 Å². The van der Waals surface area contributed by atoms with Crippen LogP contribution in [-0.4, -0.2) is 27.7 Å². The zero-order valence-corrected chi connectivity index (χ0v) is 16.6. The van der Waals surface area contributed by atoms with Gasteiger partial charge in [0.25, 0.3) is 5.56 Å². The lowest BCUT2D eigenvalue weighted by Gasteiger charge is -2.28. The van der Waals surface area contributed by atoms with E-state index in [1.165, 1.54) is 27.0 Å². The molecule has 0 spiro atoms. The number of aryl methyl sites for hydroxylation is 1. The highest BCUT2D eigenvalue weighted by Crippen LogP contribution is 2.29. The predicted molar refractivity (Wildman–Crippen MR) is 108 cm³/mol. The summed E-state index contributed by atoms with van der Waals surface area (Å²) < 4.78 is 7.17. The molecular weight excluding hydrogens is 360 g/mol. The number of anilines is 1. The third-order valence-electron chi connectivity index (χ3n) is 4.73. The molecule has 27 heavy (non-hydrogen) atoms. The number of nitrogens with zero attached hydrogens (tertiary/aromatic N) is 4. The Morgan fingerprint density at radius 1 is 1.19 bits per heavy atom. The number of ether oxygens (including phenoxy) is 1. The van der Waals surface area contributed by atoms with Crippen LogP contribution in [0.1, 0.15) is 43.5 Å². The van der Waals surface area contributed by atoms with Gasteiger partial charge < -0.3 is 9.64 Å². The monoisotopic (exact) mass is 384 g/mol. The number of hydrogen-bond donors (Lipinski definition) is 0. The average molecular weight is 385 g/mol. The van der Waals surface area contributed by atoms with Crippen molar-refractivity contribution in [3.63, 3.8) is 0 Å². The van der Waals surface area contributed by atoms with Crippen LogP contribution >= 0.6 is 11.3 Å². The number of aromatic nitrogens is 3. The van der Waals surface area contributed by atoms with Crippen LogP contribution in [-0.2, 0) is 19.4 Å². The summed E-state index contributed by atoms with van der Waals surface area (Å²) in [5.74, 6) is 0.947. The fourth-order valence-corrected chi connectivity index (χ4v) is 4.31. The lowest BCUT2D eigenvalue weighted by Crippen LogP contribution is -2.30. The van der Waals surface area contributed by atoms with E-state index in [4.69, 9.17) is 4.74 Å². The summed E-state index contributed by atoms with van der Waals surface area (Å²) in [4.78, 5) is 19.8. The summed E-state index contributed by atoms with van der Waals surface area (Å²) in [7, 11) is 0. The molecule has 1 aliphatic rings. The normalized spacial score (nSPS) is 13.8. The summed E-state index contributed by atoms with van der Waals surface area (Å²) in [6, 6.07) is 7.94. The van der Waals surface area contributed by atoms with Gasteiger partial charge in [0, 0.05) is 24.8 Å². The fourth-order valence-electron chi connectivity index (χ4n) is 3.36. The van der Waals surface area contributed by atoms with E-state index in [-0.39, 0.29) is 5.56 Å². The van der Waals surface area contributed by atoms with Crippen molar-refractivity contribution in [3.05, 3.63) is 51.4 Å². The minimum absolute atomic E-state index is 0.0962. The Bertz CT molecular complexity index is 1010. The van der Waals surface area contributed by atoms with Gasteiger partial charge in [0.15, 0.2) is 0 Å². The first-order chi connectivity index (χ1) is 13.2. The van der Waals surface area contributed by atoms with Gasteiger partial charge in [-0.25, -0.2) is 4.98 Å². The lowest BCUT2D eigenvalue weighted by atomic mass is 10.00. The summed E-state index contributed by atoms with van der Waals surface area (Å²) in [6.07, 6.45) is 3.74. The van der Waals surface area contributed by atoms with E-state index in [0.717, 1.165) is 62.0 Å². The molecule has 1 aromatic carbocycles. The molecule has 2 aromatic heterocycles. The SMILES string of the molecule is CCCOc1ccc2c(c1)CCN(c1nn3c(=O)cc(CCC)nc3s1)C2. The highest BCUT2D eigenvalue weighted by Gasteiger charge is 2.21. The smallest absolute Gasteiger partial charge is 0.275 e. The van der Waals surface area contributed by atoms with Crippen molar-refractivity contribution in [2.75, 3.05) is 18.1 Å². The fraction of sp³-hybridized carbons (Fsp3) is 0.450. The largest absolute Gasteiger partial charge is 0.494 e. The molecule has 0 amide bonds. The third-order valence-corrected chi connectivity index (χ3v) is 5.70. The van der Waals surface area contributed by atoms with Crippen molar-refractivity contribution in [1.29, 1.82) is 0 Å². The molecule has 0 saturated heterocycles. The van der Waals surface area contributed by atoms with E-state index in [1.807, 2.05) is 6.07 Å². The van der Waals surface area contributed by atoms with Crippen molar-refractivity contribution in [2.24, 2.45) is 0 Å². The molecule has 0 atom stereocenters. The molecule has 0 radical (unpaired) electrons.